The second-order valence-electron chi connectivity index (χ2n) is 5.91. The average Bonchev–Trinajstić information content (AvgIpc) is 3.14. The molecule has 0 saturated carbocycles. The van der Waals surface area contributed by atoms with E-state index in [1.165, 1.54) is 4.68 Å². The van der Waals surface area contributed by atoms with Crippen LogP contribution in [0.2, 0.25) is 0 Å². The molecule has 0 spiro atoms. The first kappa shape index (κ1) is 18.9. The molecule has 146 valence electrons. The second kappa shape index (κ2) is 7.17. The van der Waals surface area contributed by atoms with Crippen LogP contribution in [0.25, 0.3) is 16.5 Å². The maximum Gasteiger partial charge on any atom is 0.416 e. The first-order chi connectivity index (χ1) is 13.8. The number of rotatable bonds is 4. The summed E-state index contributed by atoms with van der Waals surface area (Å²) in [6, 6.07) is 15.4. The molecule has 0 amide bonds. The molecule has 0 radical (unpaired) electrons. The van der Waals surface area contributed by atoms with Crippen LogP contribution in [0.15, 0.2) is 70.7 Å². The number of nitro groups is 1. The number of tetrazole rings is 1. The van der Waals surface area contributed by atoms with Crippen molar-refractivity contribution in [1.29, 1.82) is 0 Å². The molecule has 0 bridgehead atoms. The third-order valence-corrected chi connectivity index (χ3v) is 5.12. The van der Waals surface area contributed by atoms with Crippen LogP contribution in [-0.4, -0.2) is 25.1 Å². The molecule has 4 rings (SSSR count). The molecule has 0 unspecified atom stereocenters. The molecule has 0 atom stereocenters. The van der Waals surface area contributed by atoms with Crippen LogP contribution in [0, 0.1) is 10.1 Å². The highest BCUT2D eigenvalue weighted by Crippen LogP contribution is 2.39. The fourth-order valence-corrected chi connectivity index (χ4v) is 3.68. The Balaban J connectivity index is 1.78. The van der Waals surface area contributed by atoms with Gasteiger partial charge in [-0.25, -0.2) is 0 Å². The molecule has 1 aromatic heterocycles. The Morgan fingerprint density at radius 2 is 1.79 bits per heavy atom. The Labute approximate surface area is 165 Å². The van der Waals surface area contributed by atoms with E-state index in [-0.39, 0.29) is 10.1 Å². The summed E-state index contributed by atoms with van der Waals surface area (Å²) in [6.45, 7) is 0. The molecular weight excluding hydrogens is 407 g/mol. The van der Waals surface area contributed by atoms with Gasteiger partial charge < -0.3 is 0 Å². The molecule has 1 heterocycles. The minimum absolute atomic E-state index is 0.000660. The molecule has 0 aliphatic heterocycles. The summed E-state index contributed by atoms with van der Waals surface area (Å²) in [5, 5.41) is 24.8. The molecule has 0 saturated heterocycles. The number of alkyl halides is 3. The molecule has 0 N–H and O–H groups in total. The molecular formula is C18H10F3N5O2S. The van der Waals surface area contributed by atoms with Gasteiger partial charge in [0.05, 0.1) is 21.1 Å². The van der Waals surface area contributed by atoms with Gasteiger partial charge in [0.25, 0.3) is 5.69 Å². The summed E-state index contributed by atoms with van der Waals surface area (Å²) >= 11 is 0.816. The van der Waals surface area contributed by atoms with Gasteiger partial charge in [-0.2, -0.15) is 17.9 Å². The lowest BCUT2D eigenvalue weighted by atomic mass is 10.1. The van der Waals surface area contributed by atoms with E-state index in [2.05, 4.69) is 15.5 Å². The van der Waals surface area contributed by atoms with Crippen LogP contribution >= 0.6 is 11.8 Å². The Bertz CT molecular complexity index is 1220. The molecule has 0 aliphatic rings. The Kier molecular flexibility index (Phi) is 4.66. The number of aromatic nitrogens is 4. The zero-order valence-corrected chi connectivity index (χ0v) is 15.2. The number of nitro benzene ring substituents is 1. The van der Waals surface area contributed by atoms with E-state index in [1.807, 2.05) is 36.4 Å². The minimum Gasteiger partial charge on any atom is -0.258 e. The highest BCUT2D eigenvalue weighted by Gasteiger charge is 2.33. The predicted octanol–water partition coefficient (Wildman–Crippen LogP) is 4.89. The van der Waals surface area contributed by atoms with Gasteiger partial charge in [0.1, 0.15) is 0 Å². The van der Waals surface area contributed by atoms with Crippen LogP contribution in [0.5, 0.6) is 0 Å². The largest absolute Gasteiger partial charge is 0.416 e. The summed E-state index contributed by atoms with van der Waals surface area (Å²) in [5.41, 5.74) is -1.12. The van der Waals surface area contributed by atoms with E-state index >= 15 is 0 Å². The van der Waals surface area contributed by atoms with Gasteiger partial charge in [-0.05, 0) is 45.8 Å². The van der Waals surface area contributed by atoms with Crippen LogP contribution in [0.4, 0.5) is 18.9 Å². The molecule has 0 aliphatic carbocycles. The Hall–Kier alpha value is -3.47. The Morgan fingerprint density at radius 3 is 2.55 bits per heavy atom. The zero-order valence-electron chi connectivity index (χ0n) is 14.4. The van der Waals surface area contributed by atoms with Crippen molar-refractivity contribution in [2.75, 3.05) is 0 Å². The van der Waals surface area contributed by atoms with Gasteiger partial charge in [0, 0.05) is 11.5 Å². The van der Waals surface area contributed by atoms with Crippen molar-refractivity contribution < 1.29 is 18.1 Å². The third kappa shape index (κ3) is 3.63. The molecule has 0 fully saturated rings. The third-order valence-electron chi connectivity index (χ3n) is 4.12. The van der Waals surface area contributed by atoms with E-state index in [9.17, 15) is 23.3 Å². The predicted molar refractivity (Wildman–Crippen MR) is 98.9 cm³/mol. The van der Waals surface area contributed by atoms with Crippen LogP contribution in [-0.2, 0) is 6.18 Å². The zero-order chi connectivity index (χ0) is 20.6. The van der Waals surface area contributed by atoms with Crippen molar-refractivity contribution in [3.05, 3.63) is 76.3 Å². The normalized spacial score (nSPS) is 11.7. The highest BCUT2D eigenvalue weighted by atomic mass is 32.2. The van der Waals surface area contributed by atoms with Crippen molar-refractivity contribution in [3.8, 4) is 5.69 Å². The number of benzene rings is 3. The maximum absolute atomic E-state index is 12.9. The van der Waals surface area contributed by atoms with Gasteiger partial charge in [0.15, 0.2) is 0 Å². The monoisotopic (exact) mass is 417 g/mol. The highest BCUT2D eigenvalue weighted by molar-refractivity contribution is 7.99. The second-order valence-corrected chi connectivity index (χ2v) is 6.92. The first-order valence-corrected chi connectivity index (χ1v) is 8.96. The number of halogens is 3. The number of hydrogen-bond acceptors (Lipinski definition) is 6. The van der Waals surface area contributed by atoms with Gasteiger partial charge in [-0.3, -0.25) is 10.1 Å². The molecule has 4 aromatic rings. The van der Waals surface area contributed by atoms with Crippen LogP contribution in [0.3, 0.4) is 0 Å². The fourth-order valence-electron chi connectivity index (χ4n) is 2.81. The number of fused-ring (bicyclic) bond motifs is 1. The summed E-state index contributed by atoms with van der Waals surface area (Å²) in [5.74, 6) is 0. The van der Waals surface area contributed by atoms with E-state index in [1.54, 1.807) is 6.07 Å². The van der Waals surface area contributed by atoms with E-state index < -0.39 is 22.4 Å². The van der Waals surface area contributed by atoms with Crippen molar-refractivity contribution in [1.82, 2.24) is 20.2 Å². The van der Waals surface area contributed by atoms with Crippen molar-refractivity contribution in [2.24, 2.45) is 0 Å². The molecule has 29 heavy (non-hydrogen) atoms. The molecule has 11 heteroatoms. The van der Waals surface area contributed by atoms with Crippen LogP contribution < -0.4 is 0 Å². The average molecular weight is 417 g/mol. The van der Waals surface area contributed by atoms with E-state index in [0.717, 1.165) is 34.7 Å². The van der Waals surface area contributed by atoms with Crippen molar-refractivity contribution in [2.45, 2.75) is 16.2 Å². The fraction of sp³-hybridized carbons (Fsp3) is 0.0556. The number of nitrogens with zero attached hydrogens (tertiary/aromatic N) is 5. The smallest absolute Gasteiger partial charge is 0.258 e. The summed E-state index contributed by atoms with van der Waals surface area (Å²) in [6.07, 6.45) is -4.68. The van der Waals surface area contributed by atoms with Gasteiger partial charge in [-0.15, -0.1) is 5.10 Å². The van der Waals surface area contributed by atoms with Gasteiger partial charge >= 0.3 is 6.18 Å². The maximum atomic E-state index is 12.9. The number of hydrogen-bond donors (Lipinski definition) is 0. The summed E-state index contributed by atoms with van der Waals surface area (Å²) in [4.78, 5) is 10.5. The van der Waals surface area contributed by atoms with Crippen LogP contribution in [0.1, 0.15) is 5.56 Å². The lowest BCUT2D eigenvalue weighted by Gasteiger charge is -2.10. The van der Waals surface area contributed by atoms with Crippen molar-refractivity contribution >= 4 is 28.2 Å². The van der Waals surface area contributed by atoms with E-state index in [0.29, 0.717) is 11.8 Å². The summed E-state index contributed by atoms with van der Waals surface area (Å²) < 4.78 is 40.1. The SMILES string of the molecule is O=[N+]([O-])c1cc(C(F)(F)F)ccc1Sc1nnnn1-c1cccc2ccccc12. The Morgan fingerprint density at radius 1 is 1.03 bits per heavy atom. The topological polar surface area (TPSA) is 86.7 Å². The lowest BCUT2D eigenvalue weighted by Crippen LogP contribution is -2.06. The van der Waals surface area contributed by atoms with Gasteiger partial charge in [0.2, 0.25) is 5.16 Å². The standard InChI is InChI=1S/C18H10F3N5O2S/c19-18(20,21)12-8-9-16(15(10-12)26(27)28)29-17-22-23-24-25(17)14-7-3-5-11-4-1-2-6-13(11)14/h1-10H. The molecule has 7 nitrogen and oxygen atoms in total. The van der Waals surface area contributed by atoms with Gasteiger partial charge in [-0.1, -0.05) is 36.4 Å². The molecule has 3 aromatic carbocycles. The first-order valence-electron chi connectivity index (χ1n) is 8.14. The quantitative estimate of drug-likeness (QED) is 0.347. The van der Waals surface area contributed by atoms with E-state index in [4.69, 9.17) is 0 Å². The minimum atomic E-state index is -4.68. The lowest BCUT2D eigenvalue weighted by molar-refractivity contribution is -0.388. The summed E-state index contributed by atoms with van der Waals surface area (Å²) in [7, 11) is 0. The van der Waals surface area contributed by atoms with Crippen molar-refractivity contribution in [3.63, 3.8) is 0 Å².